The Morgan fingerprint density at radius 1 is 1.12 bits per heavy atom. The third kappa shape index (κ3) is 4.99. The molecule has 0 saturated heterocycles. The van der Waals surface area contributed by atoms with Gasteiger partial charge in [0, 0.05) is 24.7 Å². The largest absolute Gasteiger partial charge is 0.326 e. The molecular formula is C17H18F2N2O3S. The number of rotatable bonds is 6. The van der Waals surface area contributed by atoms with E-state index in [9.17, 15) is 22.0 Å². The highest BCUT2D eigenvalue weighted by Gasteiger charge is 2.20. The fourth-order valence-electron chi connectivity index (χ4n) is 2.31. The highest BCUT2D eigenvalue weighted by atomic mass is 32.2. The molecule has 1 N–H and O–H groups in total. The van der Waals surface area contributed by atoms with Gasteiger partial charge in [0.05, 0.1) is 11.9 Å². The van der Waals surface area contributed by atoms with Gasteiger partial charge in [0.25, 0.3) is 0 Å². The van der Waals surface area contributed by atoms with Crippen molar-refractivity contribution >= 4 is 27.3 Å². The third-order valence-electron chi connectivity index (χ3n) is 3.53. The number of anilines is 2. The molecule has 0 saturated carbocycles. The second kappa shape index (κ2) is 7.60. The second-order valence-corrected chi connectivity index (χ2v) is 7.46. The van der Waals surface area contributed by atoms with Gasteiger partial charge in [0.15, 0.2) is 11.6 Å². The number of aryl methyl sites for hydroxylation is 1. The fraction of sp³-hybridized carbons (Fsp3) is 0.235. The van der Waals surface area contributed by atoms with Gasteiger partial charge in [-0.3, -0.25) is 9.10 Å². The molecule has 0 bridgehead atoms. The average molecular weight is 368 g/mol. The lowest BCUT2D eigenvalue weighted by atomic mass is 10.2. The lowest BCUT2D eigenvalue weighted by Gasteiger charge is -2.23. The molecule has 8 heteroatoms. The monoisotopic (exact) mass is 368 g/mol. The maximum atomic E-state index is 13.2. The molecule has 134 valence electrons. The number of carbonyl (C=O) groups excluding carboxylic acids is 1. The maximum Gasteiger partial charge on any atom is 0.232 e. The lowest BCUT2D eigenvalue weighted by Crippen LogP contribution is -2.33. The number of carbonyl (C=O) groups is 1. The van der Waals surface area contributed by atoms with Crippen molar-refractivity contribution in [1.29, 1.82) is 0 Å². The number of hydrogen-bond donors (Lipinski definition) is 1. The minimum absolute atomic E-state index is 0.0702. The van der Waals surface area contributed by atoms with Gasteiger partial charge in [-0.15, -0.1) is 0 Å². The van der Waals surface area contributed by atoms with Crippen molar-refractivity contribution in [3.8, 4) is 0 Å². The Morgan fingerprint density at radius 2 is 1.80 bits per heavy atom. The summed E-state index contributed by atoms with van der Waals surface area (Å²) < 4.78 is 51.3. The minimum atomic E-state index is -3.58. The molecule has 0 radical (unpaired) electrons. The van der Waals surface area contributed by atoms with Gasteiger partial charge in [-0.25, -0.2) is 17.2 Å². The standard InChI is InChI=1S/C17H18F2N2O3S/c1-12-5-3-4-6-16(12)21(25(2,23)24)10-9-17(22)20-13-7-8-14(18)15(19)11-13/h3-8,11H,9-10H2,1-2H3,(H,20,22). The highest BCUT2D eigenvalue weighted by Crippen LogP contribution is 2.22. The lowest BCUT2D eigenvalue weighted by molar-refractivity contribution is -0.116. The van der Waals surface area contributed by atoms with Crippen LogP contribution in [0.4, 0.5) is 20.2 Å². The number of hydrogen-bond acceptors (Lipinski definition) is 3. The molecule has 2 aromatic rings. The molecule has 0 aliphatic heterocycles. The van der Waals surface area contributed by atoms with E-state index >= 15 is 0 Å². The van der Waals surface area contributed by atoms with E-state index in [4.69, 9.17) is 0 Å². The Morgan fingerprint density at radius 3 is 2.40 bits per heavy atom. The topological polar surface area (TPSA) is 66.5 Å². The van der Waals surface area contributed by atoms with E-state index in [1.54, 1.807) is 31.2 Å². The van der Waals surface area contributed by atoms with Crippen LogP contribution in [0.3, 0.4) is 0 Å². The van der Waals surface area contributed by atoms with Crippen molar-refractivity contribution in [2.75, 3.05) is 22.4 Å². The number of benzene rings is 2. The molecule has 0 aromatic heterocycles. The maximum absolute atomic E-state index is 13.2. The molecule has 25 heavy (non-hydrogen) atoms. The minimum Gasteiger partial charge on any atom is -0.326 e. The van der Waals surface area contributed by atoms with Gasteiger partial charge >= 0.3 is 0 Å². The van der Waals surface area contributed by atoms with E-state index in [0.717, 1.165) is 28.3 Å². The van der Waals surface area contributed by atoms with Crippen LogP contribution in [0.15, 0.2) is 42.5 Å². The van der Waals surface area contributed by atoms with Crippen molar-refractivity contribution in [3.05, 3.63) is 59.7 Å². The fourth-order valence-corrected chi connectivity index (χ4v) is 3.29. The smallest absolute Gasteiger partial charge is 0.232 e. The molecule has 2 rings (SSSR count). The summed E-state index contributed by atoms with van der Waals surface area (Å²) in [5.41, 5.74) is 1.35. The number of nitrogens with one attached hydrogen (secondary N) is 1. The van der Waals surface area contributed by atoms with Crippen LogP contribution < -0.4 is 9.62 Å². The van der Waals surface area contributed by atoms with E-state index in [0.29, 0.717) is 5.69 Å². The molecule has 0 atom stereocenters. The number of sulfonamides is 1. The zero-order chi connectivity index (χ0) is 18.6. The number of nitrogens with zero attached hydrogens (tertiary/aromatic N) is 1. The summed E-state index contributed by atoms with van der Waals surface area (Å²) in [6, 6.07) is 9.92. The molecule has 5 nitrogen and oxygen atoms in total. The summed E-state index contributed by atoms with van der Waals surface area (Å²) in [7, 11) is -3.58. The van der Waals surface area contributed by atoms with Crippen LogP contribution in [0, 0.1) is 18.6 Å². The summed E-state index contributed by atoms with van der Waals surface area (Å²) >= 11 is 0. The molecule has 0 heterocycles. The van der Waals surface area contributed by atoms with E-state index < -0.39 is 27.6 Å². The predicted octanol–water partition coefficient (Wildman–Crippen LogP) is 3.07. The van der Waals surface area contributed by atoms with Gasteiger partial charge < -0.3 is 5.32 Å². The van der Waals surface area contributed by atoms with E-state index in [1.807, 2.05) is 0 Å². The number of para-hydroxylation sites is 1. The van der Waals surface area contributed by atoms with Crippen molar-refractivity contribution in [2.24, 2.45) is 0 Å². The normalized spacial score (nSPS) is 11.2. The molecule has 0 aliphatic rings. The van der Waals surface area contributed by atoms with Crippen LogP contribution in [-0.2, 0) is 14.8 Å². The van der Waals surface area contributed by atoms with Crippen LogP contribution >= 0.6 is 0 Å². The first-order valence-electron chi connectivity index (χ1n) is 7.47. The molecule has 0 fully saturated rings. The van der Waals surface area contributed by atoms with Gasteiger partial charge in [-0.05, 0) is 30.7 Å². The first kappa shape index (κ1) is 18.9. The third-order valence-corrected chi connectivity index (χ3v) is 4.71. The molecule has 0 aliphatic carbocycles. The summed E-state index contributed by atoms with van der Waals surface area (Å²) in [6.07, 6.45) is 0.924. The summed E-state index contributed by atoms with van der Waals surface area (Å²) in [5.74, 6) is -2.59. The zero-order valence-corrected chi connectivity index (χ0v) is 14.6. The van der Waals surface area contributed by atoms with E-state index in [2.05, 4.69) is 5.32 Å². The van der Waals surface area contributed by atoms with Crippen molar-refractivity contribution in [1.82, 2.24) is 0 Å². The second-order valence-electron chi connectivity index (χ2n) is 5.55. The molecular weight excluding hydrogens is 350 g/mol. The van der Waals surface area contributed by atoms with Crippen molar-refractivity contribution < 1.29 is 22.0 Å². The first-order chi connectivity index (χ1) is 11.7. The highest BCUT2D eigenvalue weighted by molar-refractivity contribution is 7.92. The molecule has 2 aromatic carbocycles. The number of amides is 1. The van der Waals surface area contributed by atoms with Gasteiger partial charge in [0.1, 0.15) is 0 Å². The molecule has 0 unspecified atom stereocenters. The Hall–Kier alpha value is -2.48. The van der Waals surface area contributed by atoms with E-state index in [1.165, 1.54) is 6.07 Å². The van der Waals surface area contributed by atoms with Crippen LogP contribution in [0.1, 0.15) is 12.0 Å². The van der Waals surface area contributed by atoms with E-state index in [-0.39, 0.29) is 18.7 Å². The summed E-state index contributed by atoms with van der Waals surface area (Å²) in [5, 5.41) is 2.42. The van der Waals surface area contributed by atoms with Crippen LogP contribution in [0.25, 0.3) is 0 Å². The Bertz CT molecular complexity index is 885. The zero-order valence-electron chi connectivity index (χ0n) is 13.8. The van der Waals surface area contributed by atoms with Crippen LogP contribution in [0.2, 0.25) is 0 Å². The molecule has 1 amide bonds. The average Bonchev–Trinajstić information content (AvgIpc) is 2.51. The van der Waals surface area contributed by atoms with Crippen molar-refractivity contribution in [3.63, 3.8) is 0 Å². The predicted molar refractivity (Wildman–Crippen MR) is 93.0 cm³/mol. The summed E-state index contributed by atoms with van der Waals surface area (Å²) in [6.45, 7) is 1.70. The van der Waals surface area contributed by atoms with Crippen LogP contribution in [-0.4, -0.2) is 27.1 Å². The Kier molecular flexibility index (Phi) is 5.73. The first-order valence-corrected chi connectivity index (χ1v) is 9.31. The Balaban J connectivity index is 2.09. The van der Waals surface area contributed by atoms with Crippen molar-refractivity contribution in [2.45, 2.75) is 13.3 Å². The quantitative estimate of drug-likeness (QED) is 0.852. The SMILES string of the molecule is Cc1ccccc1N(CCC(=O)Nc1ccc(F)c(F)c1)S(C)(=O)=O. The van der Waals surface area contributed by atoms with Gasteiger partial charge in [0.2, 0.25) is 15.9 Å². The molecule has 0 spiro atoms. The summed E-state index contributed by atoms with van der Waals surface area (Å²) in [4.78, 5) is 12.0. The Labute approximate surface area is 145 Å². The number of halogens is 2. The van der Waals surface area contributed by atoms with Gasteiger partial charge in [-0.1, -0.05) is 18.2 Å². The van der Waals surface area contributed by atoms with Gasteiger partial charge in [-0.2, -0.15) is 0 Å². The van der Waals surface area contributed by atoms with Crippen LogP contribution in [0.5, 0.6) is 0 Å².